The first-order valence-corrected chi connectivity index (χ1v) is 5.96. The van der Waals surface area contributed by atoms with Gasteiger partial charge in [0.05, 0.1) is 12.1 Å². The van der Waals surface area contributed by atoms with Crippen molar-refractivity contribution in [2.75, 3.05) is 0 Å². The van der Waals surface area contributed by atoms with Crippen molar-refractivity contribution in [3.05, 3.63) is 35.4 Å². The van der Waals surface area contributed by atoms with Gasteiger partial charge in [-0.25, -0.2) is 8.78 Å². The van der Waals surface area contributed by atoms with Crippen molar-refractivity contribution in [2.24, 2.45) is 5.73 Å². The van der Waals surface area contributed by atoms with Crippen LogP contribution >= 0.6 is 0 Å². The van der Waals surface area contributed by atoms with E-state index in [2.05, 4.69) is 5.32 Å². The molecule has 5 heteroatoms. The van der Waals surface area contributed by atoms with E-state index in [0.29, 0.717) is 12.0 Å². The fourth-order valence-electron chi connectivity index (χ4n) is 1.63. The zero-order valence-electron chi connectivity index (χ0n) is 10.5. The molecule has 0 aromatic heterocycles. The Labute approximate surface area is 105 Å². The van der Waals surface area contributed by atoms with Crippen molar-refractivity contribution in [1.29, 1.82) is 0 Å². The largest absolute Gasteiger partial charge is 0.348 e. The number of halogens is 2. The summed E-state index contributed by atoms with van der Waals surface area (Å²) in [6.45, 7) is 3.63. The van der Waals surface area contributed by atoms with Gasteiger partial charge in [0.2, 0.25) is 5.91 Å². The highest BCUT2D eigenvalue weighted by molar-refractivity contribution is 5.81. The number of hydrogen-bond acceptors (Lipinski definition) is 2. The zero-order valence-corrected chi connectivity index (χ0v) is 10.5. The molecule has 0 fully saturated rings. The number of hydrogen-bond donors (Lipinski definition) is 2. The molecule has 100 valence electrons. The molecule has 18 heavy (non-hydrogen) atoms. The van der Waals surface area contributed by atoms with Gasteiger partial charge >= 0.3 is 0 Å². The van der Waals surface area contributed by atoms with Crippen molar-refractivity contribution in [2.45, 2.75) is 38.8 Å². The molecule has 0 radical (unpaired) electrons. The molecule has 0 aliphatic heterocycles. The molecular weight excluding hydrogens is 238 g/mol. The Kier molecular flexibility index (Phi) is 5.22. The highest BCUT2D eigenvalue weighted by Crippen LogP contribution is 2.16. The van der Waals surface area contributed by atoms with Gasteiger partial charge in [-0.05, 0) is 31.0 Å². The third-order valence-corrected chi connectivity index (χ3v) is 2.74. The summed E-state index contributed by atoms with van der Waals surface area (Å²) in [5.74, 6) is -2.11. The molecule has 0 aliphatic carbocycles. The number of nitrogens with two attached hydrogens (primary N) is 1. The highest BCUT2D eigenvalue weighted by atomic mass is 19.2. The summed E-state index contributed by atoms with van der Waals surface area (Å²) in [7, 11) is 0. The maximum atomic E-state index is 13.0. The Morgan fingerprint density at radius 3 is 2.61 bits per heavy atom. The Bertz CT molecular complexity index is 423. The lowest BCUT2D eigenvalue weighted by Gasteiger charge is -2.17. The van der Waals surface area contributed by atoms with Crippen LogP contribution in [0.1, 0.15) is 38.3 Å². The predicted octanol–water partition coefficient (Wildman–Crippen LogP) is 2.27. The van der Waals surface area contributed by atoms with Crippen LogP contribution in [0.3, 0.4) is 0 Å². The molecule has 1 aromatic rings. The van der Waals surface area contributed by atoms with Crippen LogP contribution in [-0.4, -0.2) is 11.9 Å². The van der Waals surface area contributed by atoms with Crippen LogP contribution in [0.25, 0.3) is 0 Å². The Hall–Kier alpha value is -1.49. The summed E-state index contributed by atoms with van der Waals surface area (Å²) in [6.07, 6.45) is 1.41. The lowest BCUT2D eigenvalue weighted by molar-refractivity contribution is -0.123. The minimum absolute atomic E-state index is 0.283. The van der Waals surface area contributed by atoms with Gasteiger partial charge in [0.25, 0.3) is 0 Å². The first-order valence-electron chi connectivity index (χ1n) is 5.96. The van der Waals surface area contributed by atoms with Crippen LogP contribution in [0.4, 0.5) is 8.78 Å². The van der Waals surface area contributed by atoms with Gasteiger partial charge in [0.1, 0.15) is 0 Å². The quantitative estimate of drug-likeness (QED) is 0.849. The second-order valence-corrected chi connectivity index (χ2v) is 4.30. The van der Waals surface area contributed by atoms with Gasteiger partial charge in [-0.1, -0.05) is 19.4 Å². The molecule has 0 bridgehead atoms. The maximum absolute atomic E-state index is 13.0. The first kappa shape index (κ1) is 14.6. The van der Waals surface area contributed by atoms with Gasteiger partial charge in [0, 0.05) is 0 Å². The highest BCUT2D eigenvalue weighted by Gasteiger charge is 2.16. The molecule has 0 saturated carbocycles. The normalized spacial score (nSPS) is 14.1. The summed E-state index contributed by atoms with van der Waals surface area (Å²) in [5, 5.41) is 2.67. The number of rotatable bonds is 5. The van der Waals surface area contributed by atoms with Crippen molar-refractivity contribution in [3.8, 4) is 0 Å². The molecule has 3 N–H and O–H groups in total. The third kappa shape index (κ3) is 3.77. The molecule has 0 heterocycles. The molecule has 0 saturated heterocycles. The van der Waals surface area contributed by atoms with Crippen molar-refractivity contribution in [3.63, 3.8) is 0 Å². The molecule has 0 aliphatic rings. The monoisotopic (exact) mass is 256 g/mol. The Morgan fingerprint density at radius 1 is 1.39 bits per heavy atom. The Balaban J connectivity index is 2.67. The van der Waals surface area contributed by atoms with Gasteiger partial charge in [-0.15, -0.1) is 0 Å². The molecule has 1 amide bonds. The number of nitrogens with one attached hydrogen (secondary N) is 1. The summed E-state index contributed by atoms with van der Waals surface area (Å²) in [6, 6.07) is 2.58. The molecule has 1 aromatic carbocycles. The van der Waals surface area contributed by atoms with Crippen LogP contribution in [-0.2, 0) is 4.79 Å². The SMILES string of the molecule is CCCC(N)C(=O)NC(C)c1ccc(F)c(F)c1. The number of carbonyl (C=O) groups is 1. The molecule has 0 spiro atoms. The standard InChI is InChI=1S/C13H18F2N2O/c1-3-4-12(16)13(18)17-8(2)9-5-6-10(14)11(15)7-9/h5-8,12H,3-4,16H2,1-2H3,(H,17,18). The number of amides is 1. The van der Waals surface area contributed by atoms with E-state index >= 15 is 0 Å². The predicted molar refractivity (Wildman–Crippen MR) is 65.8 cm³/mol. The van der Waals surface area contributed by atoms with E-state index in [1.165, 1.54) is 6.07 Å². The summed E-state index contributed by atoms with van der Waals surface area (Å²) < 4.78 is 25.8. The summed E-state index contributed by atoms with van der Waals surface area (Å²) in [5.41, 5.74) is 6.17. The van der Waals surface area contributed by atoms with Crippen LogP contribution < -0.4 is 11.1 Å². The minimum atomic E-state index is -0.925. The van der Waals surface area contributed by atoms with E-state index in [1.807, 2.05) is 6.92 Å². The molecule has 2 unspecified atom stereocenters. The zero-order chi connectivity index (χ0) is 13.7. The van der Waals surface area contributed by atoms with Gasteiger partial charge in [0.15, 0.2) is 11.6 Å². The van der Waals surface area contributed by atoms with Crippen molar-refractivity contribution >= 4 is 5.91 Å². The van der Waals surface area contributed by atoms with E-state index in [9.17, 15) is 13.6 Å². The second-order valence-electron chi connectivity index (χ2n) is 4.30. The topological polar surface area (TPSA) is 55.1 Å². The summed E-state index contributed by atoms with van der Waals surface area (Å²) in [4.78, 5) is 11.7. The summed E-state index contributed by atoms with van der Waals surface area (Å²) >= 11 is 0. The maximum Gasteiger partial charge on any atom is 0.237 e. The van der Waals surface area contributed by atoms with Crippen LogP contribution in [0.15, 0.2) is 18.2 Å². The van der Waals surface area contributed by atoms with Crippen molar-refractivity contribution in [1.82, 2.24) is 5.32 Å². The second kappa shape index (κ2) is 6.44. The number of benzene rings is 1. The third-order valence-electron chi connectivity index (χ3n) is 2.74. The average molecular weight is 256 g/mol. The van der Waals surface area contributed by atoms with Crippen LogP contribution in [0.5, 0.6) is 0 Å². The fraction of sp³-hybridized carbons (Fsp3) is 0.462. The van der Waals surface area contributed by atoms with E-state index < -0.39 is 23.7 Å². The van der Waals surface area contributed by atoms with Crippen molar-refractivity contribution < 1.29 is 13.6 Å². The minimum Gasteiger partial charge on any atom is -0.348 e. The average Bonchev–Trinajstić information content (AvgIpc) is 2.32. The van der Waals surface area contributed by atoms with E-state index in [4.69, 9.17) is 5.73 Å². The molecule has 1 rings (SSSR count). The van der Waals surface area contributed by atoms with E-state index in [0.717, 1.165) is 18.6 Å². The van der Waals surface area contributed by atoms with Crippen LogP contribution in [0, 0.1) is 11.6 Å². The number of carbonyl (C=O) groups excluding carboxylic acids is 1. The fourth-order valence-corrected chi connectivity index (χ4v) is 1.63. The van der Waals surface area contributed by atoms with Crippen LogP contribution in [0.2, 0.25) is 0 Å². The van der Waals surface area contributed by atoms with Gasteiger partial charge in [-0.3, -0.25) is 4.79 Å². The molecule has 2 atom stereocenters. The Morgan fingerprint density at radius 2 is 2.06 bits per heavy atom. The van der Waals surface area contributed by atoms with E-state index in [1.54, 1.807) is 6.92 Å². The smallest absolute Gasteiger partial charge is 0.237 e. The van der Waals surface area contributed by atoms with Gasteiger partial charge in [-0.2, -0.15) is 0 Å². The van der Waals surface area contributed by atoms with E-state index in [-0.39, 0.29) is 5.91 Å². The molecular formula is C13H18F2N2O. The van der Waals surface area contributed by atoms with Gasteiger partial charge < -0.3 is 11.1 Å². The first-order chi connectivity index (χ1) is 8.45. The molecule has 3 nitrogen and oxygen atoms in total. The lowest BCUT2D eigenvalue weighted by Crippen LogP contribution is -2.41. The lowest BCUT2D eigenvalue weighted by atomic mass is 10.1.